The number of aliphatic hydroxyl groups is 1. The minimum atomic E-state index is -0.453. The highest BCUT2D eigenvalue weighted by Gasteiger charge is 2.44. The van der Waals surface area contributed by atoms with Crippen molar-refractivity contribution in [2.75, 3.05) is 19.7 Å². The van der Waals surface area contributed by atoms with Crippen molar-refractivity contribution in [2.45, 2.75) is 37.4 Å². The van der Waals surface area contributed by atoms with Crippen LogP contribution in [0.5, 0.6) is 0 Å². The first-order valence-corrected chi connectivity index (χ1v) is 8.65. The first-order valence-electron chi connectivity index (χ1n) is 8.65. The lowest BCUT2D eigenvalue weighted by molar-refractivity contribution is -0.174. The number of likely N-dealkylation sites (tertiary alicyclic amines) is 1. The van der Waals surface area contributed by atoms with Crippen LogP contribution in [0.15, 0.2) is 36.4 Å². The van der Waals surface area contributed by atoms with Crippen molar-refractivity contribution < 1.29 is 14.6 Å². The molecule has 2 aromatic rings. The highest BCUT2D eigenvalue weighted by Crippen LogP contribution is 2.35. The van der Waals surface area contributed by atoms with E-state index >= 15 is 0 Å². The van der Waals surface area contributed by atoms with Crippen molar-refractivity contribution in [3.8, 4) is 0 Å². The standard InChI is InChI=1S/C19H22N2O3/c22-17-6-3-13-24-19(17)9-11-21(12-10-19)18(23)16-8-7-14-4-1-2-5-15(14)20-16/h1-2,4-5,7-8,17,22H,3,6,9-13H2. The first-order chi connectivity index (χ1) is 11.7. The molecule has 1 unspecified atom stereocenters. The van der Waals surface area contributed by atoms with Crippen LogP contribution in [0, 0.1) is 0 Å². The molecule has 2 fully saturated rings. The molecule has 2 aliphatic heterocycles. The van der Waals surface area contributed by atoms with Gasteiger partial charge in [0.05, 0.1) is 17.2 Å². The molecule has 0 aliphatic carbocycles. The van der Waals surface area contributed by atoms with Gasteiger partial charge >= 0.3 is 0 Å². The summed E-state index contributed by atoms with van der Waals surface area (Å²) in [5, 5.41) is 11.3. The number of nitrogens with zero attached hydrogens (tertiary/aromatic N) is 2. The Labute approximate surface area is 141 Å². The van der Waals surface area contributed by atoms with Gasteiger partial charge in [0.15, 0.2) is 0 Å². The normalized spacial score (nSPS) is 23.5. The largest absolute Gasteiger partial charge is 0.390 e. The first kappa shape index (κ1) is 15.5. The summed E-state index contributed by atoms with van der Waals surface area (Å²) in [6, 6.07) is 11.5. The zero-order valence-electron chi connectivity index (χ0n) is 13.6. The minimum Gasteiger partial charge on any atom is -0.390 e. The van der Waals surface area contributed by atoms with Crippen LogP contribution in [0.25, 0.3) is 10.9 Å². The van der Waals surface area contributed by atoms with Crippen LogP contribution in [-0.2, 0) is 4.74 Å². The Balaban J connectivity index is 1.49. The van der Waals surface area contributed by atoms with Gasteiger partial charge in [-0.05, 0) is 37.8 Å². The van der Waals surface area contributed by atoms with Gasteiger partial charge in [0.25, 0.3) is 5.91 Å². The maximum atomic E-state index is 12.8. The number of ether oxygens (including phenoxy) is 1. The summed E-state index contributed by atoms with van der Waals surface area (Å²) >= 11 is 0. The van der Waals surface area contributed by atoms with Crippen molar-refractivity contribution in [1.29, 1.82) is 0 Å². The van der Waals surface area contributed by atoms with E-state index in [1.807, 2.05) is 35.2 Å². The SMILES string of the molecule is O=C(c1ccc2ccccc2n1)N1CCC2(CC1)OCCCC2O. The zero-order chi connectivity index (χ0) is 16.6. The number of amides is 1. The van der Waals surface area contributed by atoms with Crippen molar-refractivity contribution >= 4 is 16.8 Å². The van der Waals surface area contributed by atoms with E-state index in [1.165, 1.54) is 0 Å². The fourth-order valence-electron chi connectivity index (χ4n) is 3.82. The van der Waals surface area contributed by atoms with Gasteiger partial charge < -0.3 is 14.7 Å². The maximum Gasteiger partial charge on any atom is 0.272 e. The fourth-order valence-corrected chi connectivity index (χ4v) is 3.82. The Morgan fingerprint density at radius 1 is 1.21 bits per heavy atom. The Bertz CT molecular complexity index is 753. The number of hydrogen-bond donors (Lipinski definition) is 1. The third-order valence-electron chi connectivity index (χ3n) is 5.33. The van der Waals surface area contributed by atoms with Crippen LogP contribution < -0.4 is 0 Å². The lowest BCUT2D eigenvalue weighted by Crippen LogP contribution is -2.56. The molecule has 1 aromatic carbocycles. The summed E-state index contributed by atoms with van der Waals surface area (Å²) in [5.74, 6) is -0.0408. The van der Waals surface area contributed by atoms with E-state index in [-0.39, 0.29) is 5.91 Å². The van der Waals surface area contributed by atoms with Gasteiger partial charge in [0, 0.05) is 25.1 Å². The Hall–Kier alpha value is -1.98. The molecular formula is C19H22N2O3. The van der Waals surface area contributed by atoms with Gasteiger partial charge in [-0.1, -0.05) is 24.3 Å². The molecule has 1 amide bonds. The summed E-state index contributed by atoms with van der Waals surface area (Å²) in [5.41, 5.74) is 0.865. The summed E-state index contributed by atoms with van der Waals surface area (Å²) in [4.78, 5) is 19.1. The molecule has 126 valence electrons. The third-order valence-corrected chi connectivity index (χ3v) is 5.33. The number of para-hydroxylation sites is 1. The van der Waals surface area contributed by atoms with Crippen molar-refractivity contribution in [3.63, 3.8) is 0 Å². The van der Waals surface area contributed by atoms with Crippen LogP contribution in [0.1, 0.15) is 36.2 Å². The zero-order valence-corrected chi connectivity index (χ0v) is 13.6. The summed E-state index contributed by atoms with van der Waals surface area (Å²) in [6.45, 7) is 1.91. The number of aliphatic hydroxyl groups excluding tert-OH is 1. The molecule has 5 heteroatoms. The molecule has 4 rings (SSSR count). The lowest BCUT2D eigenvalue weighted by Gasteiger charge is -2.46. The monoisotopic (exact) mass is 326 g/mol. The average molecular weight is 326 g/mol. The maximum absolute atomic E-state index is 12.8. The minimum absolute atomic E-state index is 0.0408. The van der Waals surface area contributed by atoms with Crippen molar-refractivity contribution in [1.82, 2.24) is 9.88 Å². The quantitative estimate of drug-likeness (QED) is 0.874. The Morgan fingerprint density at radius 3 is 2.79 bits per heavy atom. The van der Waals surface area contributed by atoms with Crippen molar-refractivity contribution in [2.24, 2.45) is 0 Å². The molecule has 3 heterocycles. The molecule has 0 bridgehead atoms. The number of piperidine rings is 1. The van der Waals surface area contributed by atoms with E-state index in [1.54, 1.807) is 6.07 Å². The predicted molar refractivity (Wildman–Crippen MR) is 90.8 cm³/mol. The van der Waals surface area contributed by atoms with Crippen LogP contribution in [0.2, 0.25) is 0 Å². The molecule has 5 nitrogen and oxygen atoms in total. The number of rotatable bonds is 1. The third kappa shape index (κ3) is 2.68. The van der Waals surface area contributed by atoms with E-state index in [0.717, 1.165) is 23.7 Å². The number of pyridine rings is 1. The topological polar surface area (TPSA) is 62.7 Å². The van der Waals surface area contributed by atoms with Crippen LogP contribution in [0.3, 0.4) is 0 Å². The lowest BCUT2D eigenvalue weighted by atomic mass is 9.82. The number of carbonyl (C=O) groups excluding carboxylic acids is 1. The van der Waals surface area contributed by atoms with E-state index in [0.29, 0.717) is 38.2 Å². The van der Waals surface area contributed by atoms with Gasteiger partial charge in [-0.3, -0.25) is 4.79 Å². The van der Waals surface area contributed by atoms with Gasteiger partial charge in [0.1, 0.15) is 5.69 Å². The Kier molecular flexibility index (Phi) is 3.98. The van der Waals surface area contributed by atoms with Gasteiger partial charge in [-0.2, -0.15) is 0 Å². The summed E-state index contributed by atoms with van der Waals surface area (Å²) in [6.07, 6.45) is 2.66. The summed E-state index contributed by atoms with van der Waals surface area (Å²) < 4.78 is 5.91. The smallest absolute Gasteiger partial charge is 0.272 e. The molecule has 2 saturated heterocycles. The second kappa shape index (κ2) is 6.15. The Morgan fingerprint density at radius 2 is 2.00 bits per heavy atom. The molecule has 2 aliphatic rings. The van der Waals surface area contributed by atoms with E-state index in [4.69, 9.17) is 4.74 Å². The molecule has 0 saturated carbocycles. The molecule has 0 radical (unpaired) electrons. The highest BCUT2D eigenvalue weighted by atomic mass is 16.5. The summed E-state index contributed by atoms with van der Waals surface area (Å²) in [7, 11) is 0. The van der Waals surface area contributed by atoms with E-state index in [9.17, 15) is 9.90 Å². The van der Waals surface area contributed by atoms with E-state index < -0.39 is 11.7 Å². The molecule has 1 aromatic heterocycles. The number of hydrogen-bond acceptors (Lipinski definition) is 4. The fraction of sp³-hybridized carbons (Fsp3) is 0.474. The molecule has 1 spiro atoms. The molecule has 1 N–H and O–H groups in total. The number of carbonyl (C=O) groups is 1. The van der Waals surface area contributed by atoms with Gasteiger partial charge in [-0.25, -0.2) is 4.98 Å². The molecule has 1 atom stereocenters. The number of aromatic nitrogens is 1. The van der Waals surface area contributed by atoms with Crippen molar-refractivity contribution in [3.05, 3.63) is 42.1 Å². The number of fused-ring (bicyclic) bond motifs is 1. The van der Waals surface area contributed by atoms with Gasteiger partial charge in [-0.15, -0.1) is 0 Å². The number of benzene rings is 1. The van der Waals surface area contributed by atoms with Crippen LogP contribution >= 0.6 is 0 Å². The average Bonchev–Trinajstić information content (AvgIpc) is 2.64. The second-order valence-corrected chi connectivity index (χ2v) is 6.75. The highest BCUT2D eigenvalue weighted by molar-refractivity contribution is 5.95. The van der Waals surface area contributed by atoms with E-state index in [2.05, 4.69) is 4.98 Å². The van der Waals surface area contributed by atoms with Crippen LogP contribution in [0.4, 0.5) is 0 Å². The molecule has 24 heavy (non-hydrogen) atoms. The van der Waals surface area contributed by atoms with Crippen LogP contribution in [-0.4, -0.2) is 52.3 Å². The van der Waals surface area contributed by atoms with Gasteiger partial charge in [0.2, 0.25) is 0 Å². The molecular weight excluding hydrogens is 304 g/mol. The predicted octanol–water partition coefficient (Wildman–Crippen LogP) is 2.38. The second-order valence-electron chi connectivity index (χ2n) is 6.75.